The third-order valence-corrected chi connectivity index (χ3v) is 2.31. The van der Waals surface area contributed by atoms with E-state index in [2.05, 4.69) is 0 Å². The topological polar surface area (TPSA) is 69.4 Å². The monoisotopic (exact) mass is 229 g/mol. The van der Waals surface area contributed by atoms with E-state index in [1.165, 1.54) is 0 Å². The molecule has 0 bridgehead atoms. The van der Waals surface area contributed by atoms with Gasteiger partial charge < -0.3 is 4.18 Å². The lowest BCUT2D eigenvalue weighted by atomic mass is 9.86. The van der Waals surface area contributed by atoms with Gasteiger partial charge in [0.25, 0.3) is 0 Å². The molecule has 0 aromatic heterocycles. The number of benzene rings is 1. The highest BCUT2D eigenvalue weighted by atomic mass is 32.2. The molecule has 0 unspecified atom stereocenters. The largest absolute Gasteiger partial charge is 0.380 e. The zero-order chi connectivity index (χ0) is 11.7. The van der Waals surface area contributed by atoms with Crippen LogP contribution in [0.3, 0.4) is 0 Å². The van der Waals surface area contributed by atoms with E-state index in [-0.39, 0.29) is 11.2 Å². The Labute approximate surface area is 90.3 Å². The van der Waals surface area contributed by atoms with E-state index in [4.69, 9.17) is 9.32 Å². The van der Waals surface area contributed by atoms with Crippen molar-refractivity contribution in [2.24, 2.45) is 5.14 Å². The van der Waals surface area contributed by atoms with Gasteiger partial charge in [0.1, 0.15) is 5.75 Å². The Kier molecular flexibility index (Phi) is 3.06. The van der Waals surface area contributed by atoms with E-state index in [1.54, 1.807) is 12.1 Å². The molecule has 0 heterocycles. The summed E-state index contributed by atoms with van der Waals surface area (Å²) in [5.74, 6) is 0.285. The van der Waals surface area contributed by atoms with Gasteiger partial charge in [-0.3, -0.25) is 0 Å². The van der Waals surface area contributed by atoms with Gasteiger partial charge in [-0.25, -0.2) is 0 Å². The van der Waals surface area contributed by atoms with E-state index >= 15 is 0 Å². The fourth-order valence-corrected chi connectivity index (χ4v) is 1.68. The van der Waals surface area contributed by atoms with Crippen molar-refractivity contribution >= 4 is 10.3 Å². The standard InChI is InChI=1S/C10H15NO3S/c1-10(2,3)8-6-4-5-7-9(8)14-15(11,12)13/h4-7H,1-3H3,(H2,11,12,13). The van der Waals surface area contributed by atoms with Gasteiger partial charge in [-0.1, -0.05) is 39.0 Å². The molecule has 1 aromatic carbocycles. The predicted molar refractivity (Wildman–Crippen MR) is 58.9 cm³/mol. The fourth-order valence-electron chi connectivity index (χ4n) is 1.28. The fraction of sp³-hybridized carbons (Fsp3) is 0.400. The van der Waals surface area contributed by atoms with Gasteiger partial charge in [-0.05, 0) is 11.5 Å². The van der Waals surface area contributed by atoms with Gasteiger partial charge in [0.2, 0.25) is 0 Å². The number of hydrogen-bond donors (Lipinski definition) is 1. The molecule has 0 aliphatic carbocycles. The number of rotatable bonds is 2. The molecular weight excluding hydrogens is 214 g/mol. The van der Waals surface area contributed by atoms with E-state index in [1.807, 2.05) is 32.9 Å². The minimum Gasteiger partial charge on any atom is -0.371 e. The Morgan fingerprint density at radius 2 is 1.73 bits per heavy atom. The SMILES string of the molecule is CC(C)(C)c1ccccc1OS(N)(=O)=O. The third kappa shape index (κ3) is 3.53. The van der Waals surface area contributed by atoms with Crippen LogP contribution in [0.25, 0.3) is 0 Å². The maximum absolute atomic E-state index is 10.8. The van der Waals surface area contributed by atoms with Crippen molar-refractivity contribution in [3.05, 3.63) is 29.8 Å². The van der Waals surface area contributed by atoms with Gasteiger partial charge in [-0.15, -0.1) is 0 Å². The summed E-state index contributed by atoms with van der Waals surface area (Å²) in [4.78, 5) is 0. The van der Waals surface area contributed by atoms with Crippen LogP contribution < -0.4 is 9.32 Å². The summed E-state index contributed by atoms with van der Waals surface area (Å²) >= 11 is 0. The summed E-state index contributed by atoms with van der Waals surface area (Å²) in [7, 11) is -3.96. The number of nitrogens with two attached hydrogens (primary N) is 1. The van der Waals surface area contributed by atoms with Crippen molar-refractivity contribution in [1.82, 2.24) is 0 Å². The average Bonchev–Trinajstić information content (AvgIpc) is 1.99. The van der Waals surface area contributed by atoms with Gasteiger partial charge in [-0.2, -0.15) is 13.6 Å². The number of hydrogen-bond acceptors (Lipinski definition) is 3. The van der Waals surface area contributed by atoms with Crippen LogP contribution in [-0.4, -0.2) is 8.42 Å². The van der Waals surface area contributed by atoms with Gasteiger partial charge >= 0.3 is 10.3 Å². The summed E-state index contributed by atoms with van der Waals surface area (Å²) in [5.41, 5.74) is 0.611. The third-order valence-electron chi connectivity index (χ3n) is 1.90. The molecule has 2 N–H and O–H groups in total. The molecule has 0 radical (unpaired) electrons. The molecule has 0 aliphatic rings. The zero-order valence-electron chi connectivity index (χ0n) is 9.02. The van der Waals surface area contributed by atoms with Crippen molar-refractivity contribution in [3.63, 3.8) is 0 Å². The molecule has 84 valence electrons. The van der Waals surface area contributed by atoms with Crippen molar-refractivity contribution in [1.29, 1.82) is 0 Å². The van der Waals surface area contributed by atoms with Crippen molar-refractivity contribution in [2.45, 2.75) is 26.2 Å². The average molecular weight is 229 g/mol. The maximum atomic E-state index is 10.8. The van der Waals surface area contributed by atoms with Crippen LogP contribution in [0, 0.1) is 0 Å². The van der Waals surface area contributed by atoms with Gasteiger partial charge in [0.05, 0.1) is 0 Å². The second-order valence-electron chi connectivity index (χ2n) is 4.32. The van der Waals surface area contributed by atoms with E-state index < -0.39 is 10.3 Å². The minimum atomic E-state index is -3.96. The molecule has 0 amide bonds. The molecule has 1 rings (SSSR count). The van der Waals surface area contributed by atoms with Crippen molar-refractivity contribution in [3.8, 4) is 5.75 Å². The molecule has 0 fully saturated rings. The van der Waals surface area contributed by atoms with Crippen molar-refractivity contribution < 1.29 is 12.6 Å². The Hall–Kier alpha value is -1.07. The first-order chi connectivity index (χ1) is 6.70. The maximum Gasteiger partial charge on any atom is 0.380 e. The van der Waals surface area contributed by atoms with E-state index in [0.717, 1.165) is 5.56 Å². The summed E-state index contributed by atoms with van der Waals surface area (Å²) in [6.45, 7) is 5.91. The smallest absolute Gasteiger partial charge is 0.371 e. The van der Waals surface area contributed by atoms with E-state index in [9.17, 15) is 8.42 Å². The molecule has 0 spiro atoms. The molecule has 0 atom stereocenters. The molecule has 0 saturated heterocycles. The summed E-state index contributed by atoms with van der Waals surface area (Å²) in [5, 5.41) is 4.83. The first-order valence-corrected chi connectivity index (χ1v) is 5.99. The van der Waals surface area contributed by atoms with Crippen LogP contribution in [0.1, 0.15) is 26.3 Å². The Balaban J connectivity index is 3.19. The molecular formula is C10H15NO3S. The Morgan fingerprint density at radius 3 is 2.20 bits per heavy atom. The highest BCUT2D eigenvalue weighted by molar-refractivity contribution is 7.84. The second-order valence-corrected chi connectivity index (χ2v) is 5.47. The first kappa shape index (κ1) is 12.0. The lowest BCUT2D eigenvalue weighted by molar-refractivity contribution is 0.472. The molecule has 1 aromatic rings. The highest BCUT2D eigenvalue weighted by Gasteiger charge is 2.20. The van der Waals surface area contributed by atoms with Crippen LogP contribution >= 0.6 is 0 Å². The summed E-state index contributed by atoms with van der Waals surface area (Å²) in [6, 6.07) is 6.94. The summed E-state index contributed by atoms with van der Waals surface area (Å²) < 4.78 is 26.4. The zero-order valence-corrected chi connectivity index (χ0v) is 9.84. The molecule has 5 heteroatoms. The molecule has 0 aliphatic heterocycles. The predicted octanol–water partition coefficient (Wildman–Crippen LogP) is 1.57. The van der Waals surface area contributed by atoms with E-state index in [0.29, 0.717) is 0 Å². The first-order valence-electron chi connectivity index (χ1n) is 4.52. The van der Waals surface area contributed by atoms with Crippen LogP contribution in [0.5, 0.6) is 5.75 Å². The highest BCUT2D eigenvalue weighted by Crippen LogP contribution is 2.31. The normalized spacial score (nSPS) is 12.5. The lowest BCUT2D eigenvalue weighted by Crippen LogP contribution is -2.21. The van der Waals surface area contributed by atoms with Crippen LogP contribution in [0.15, 0.2) is 24.3 Å². The quantitative estimate of drug-likeness (QED) is 0.836. The molecule has 0 saturated carbocycles. The Morgan fingerprint density at radius 1 is 1.20 bits per heavy atom. The van der Waals surface area contributed by atoms with Gasteiger partial charge in [0.15, 0.2) is 0 Å². The molecule has 4 nitrogen and oxygen atoms in total. The van der Waals surface area contributed by atoms with Crippen LogP contribution in [0.4, 0.5) is 0 Å². The van der Waals surface area contributed by atoms with Crippen molar-refractivity contribution in [2.75, 3.05) is 0 Å². The second kappa shape index (κ2) is 3.83. The van der Waals surface area contributed by atoms with Gasteiger partial charge in [0, 0.05) is 5.56 Å². The van der Waals surface area contributed by atoms with Crippen LogP contribution in [0.2, 0.25) is 0 Å². The molecule has 15 heavy (non-hydrogen) atoms. The summed E-state index contributed by atoms with van der Waals surface area (Å²) in [6.07, 6.45) is 0. The number of para-hydroxylation sites is 1. The minimum absolute atomic E-state index is 0.193. The lowest BCUT2D eigenvalue weighted by Gasteiger charge is -2.21. The Bertz CT molecular complexity index is 446. The van der Waals surface area contributed by atoms with Crippen LogP contribution in [-0.2, 0) is 15.7 Å².